The van der Waals surface area contributed by atoms with Gasteiger partial charge in [-0.25, -0.2) is 0 Å². The van der Waals surface area contributed by atoms with Gasteiger partial charge in [0.1, 0.15) is 0 Å². The fourth-order valence-corrected chi connectivity index (χ4v) is 2.96. The van der Waals surface area contributed by atoms with Crippen molar-refractivity contribution in [3.8, 4) is 0 Å². The molecule has 2 rings (SSSR count). The molecule has 1 heteroatoms. The Hall–Kier alpha value is -0.820. The molecule has 2 atom stereocenters. The van der Waals surface area contributed by atoms with Crippen molar-refractivity contribution >= 4 is 0 Å². The summed E-state index contributed by atoms with van der Waals surface area (Å²) in [5.41, 5.74) is 3.09. The Morgan fingerprint density at radius 2 is 2.06 bits per heavy atom. The van der Waals surface area contributed by atoms with E-state index in [1.54, 1.807) is 5.56 Å². The standard InChI is InChI=1S/C17H27N/c1-4-18-14(3)11-13(2)16-9-6-10-17(12-16)15-7-5-8-15/h6,9-10,12-15,18H,4-5,7-8,11H2,1-3H3. The van der Waals surface area contributed by atoms with E-state index in [1.165, 1.54) is 31.2 Å². The van der Waals surface area contributed by atoms with Crippen LogP contribution in [0.15, 0.2) is 24.3 Å². The van der Waals surface area contributed by atoms with E-state index in [9.17, 15) is 0 Å². The zero-order valence-electron chi connectivity index (χ0n) is 12.1. The molecule has 0 amide bonds. The van der Waals surface area contributed by atoms with Crippen molar-refractivity contribution in [3.63, 3.8) is 0 Å². The zero-order chi connectivity index (χ0) is 13.0. The Morgan fingerprint density at radius 1 is 1.28 bits per heavy atom. The third kappa shape index (κ3) is 3.35. The van der Waals surface area contributed by atoms with Crippen LogP contribution in [-0.2, 0) is 0 Å². The summed E-state index contributed by atoms with van der Waals surface area (Å²) in [6.45, 7) is 7.89. The molecule has 1 saturated carbocycles. The molecule has 1 nitrogen and oxygen atoms in total. The second-order valence-electron chi connectivity index (χ2n) is 5.89. The molecule has 0 saturated heterocycles. The van der Waals surface area contributed by atoms with Crippen LogP contribution in [0.1, 0.15) is 69.4 Å². The van der Waals surface area contributed by atoms with Crippen LogP contribution in [0.25, 0.3) is 0 Å². The quantitative estimate of drug-likeness (QED) is 0.781. The highest BCUT2D eigenvalue weighted by Gasteiger charge is 2.20. The molecule has 1 aliphatic carbocycles. The predicted molar refractivity (Wildman–Crippen MR) is 79.2 cm³/mol. The monoisotopic (exact) mass is 245 g/mol. The maximum Gasteiger partial charge on any atom is 0.00443 e. The lowest BCUT2D eigenvalue weighted by Gasteiger charge is -2.27. The van der Waals surface area contributed by atoms with Gasteiger partial charge in [-0.15, -0.1) is 0 Å². The van der Waals surface area contributed by atoms with Crippen molar-refractivity contribution in [2.45, 2.75) is 64.3 Å². The number of benzene rings is 1. The summed E-state index contributed by atoms with van der Waals surface area (Å²) in [5.74, 6) is 1.50. The Bertz CT molecular complexity index is 368. The van der Waals surface area contributed by atoms with Gasteiger partial charge in [0.2, 0.25) is 0 Å². The number of nitrogens with one attached hydrogen (secondary N) is 1. The molecule has 0 spiro atoms. The van der Waals surface area contributed by atoms with E-state index in [-0.39, 0.29) is 0 Å². The molecule has 1 fully saturated rings. The van der Waals surface area contributed by atoms with Crippen molar-refractivity contribution in [2.24, 2.45) is 0 Å². The number of hydrogen-bond acceptors (Lipinski definition) is 1. The molecule has 0 aromatic heterocycles. The van der Waals surface area contributed by atoms with Crippen LogP contribution in [0.3, 0.4) is 0 Å². The summed E-state index contributed by atoms with van der Waals surface area (Å²) in [5, 5.41) is 3.51. The van der Waals surface area contributed by atoms with Gasteiger partial charge in [-0.3, -0.25) is 0 Å². The fourth-order valence-electron chi connectivity index (χ4n) is 2.96. The summed E-state index contributed by atoms with van der Waals surface area (Å²) in [7, 11) is 0. The Morgan fingerprint density at radius 3 is 2.67 bits per heavy atom. The van der Waals surface area contributed by atoms with Gasteiger partial charge in [-0.1, -0.05) is 44.5 Å². The summed E-state index contributed by atoms with van der Waals surface area (Å²) in [4.78, 5) is 0. The topological polar surface area (TPSA) is 12.0 Å². The van der Waals surface area contributed by atoms with Crippen molar-refractivity contribution in [3.05, 3.63) is 35.4 Å². The first kappa shape index (κ1) is 13.6. The van der Waals surface area contributed by atoms with E-state index < -0.39 is 0 Å². The van der Waals surface area contributed by atoms with Crippen LogP contribution in [0, 0.1) is 0 Å². The smallest absolute Gasteiger partial charge is 0.00443 e. The lowest BCUT2D eigenvalue weighted by molar-refractivity contribution is 0.419. The van der Waals surface area contributed by atoms with E-state index in [0.29, 0.717) is 12.0 Å². The summed E-state index contributed by atoms with van der Waals surface area (Å²) in [6.07, 6.45) is 5.43. The van der Waals surface area contributed by atoms with Crippen LogP contribution in [0.5, 0.6) is 0 Å². The third-order valence-corrected chi connectivity index (χ3v) is 4.32. The SMILES string of the molecule is CCNC(C)CC(C)c1cccc(C2CCC2)c1. The van der Waals surface area contributed by atoms with Gasteiger partial charge in [-0.2, -0.15) is 0 Å². The van der Waals surface area contributed by atoms with Crippen molar-refractivity contribution < 1.29 is 0 Å². The Labute approximate surface area is 112 Å². The van der Waals surface area contributed by atoms with Crippen LogP contribution < -0.4 is 5.32 Å². The first-order chi connectivity index (χ1) is 8.70. The molecular formula is C17H27N. The molecule has 2 unspecified atom stereocenters. The van der Waals surface area contributed by atoms with Gasteiger partial charge >= 0.3 is 0 Å². The number of rotatable bonds is 6. The normalized spacial score (nSPS) is 19.3. The molecule has 1 aliphatic rings. The van der Waals surface area contributed by atoms with Crippen molar-refractivity contribution in [1.82, 2.24) is 5.32 Å². The minimum Gasteiger partial charge on any atom is -0.315 e. The first-order valence-electron chi connectivity index (χ1n) is 7.54. The zero-order valence-corrected chi connectivity index (χ0v) is 12.1. The van der Waals surface area contributed by atoms with Crippen molar-refractivity contribution in [1.29, 1.82) is 0 Å². The molecule has 0 aliphatic heterocycles. The molecular weight excluding hydrogens is 218 g/mol. The Kier molecular flexibility index (Phi) is 4.82. The molecule has 18 heavy (non-hydrogen) atoms. The molecule has 1 aromatic carbocycles. The highest BCUT2D eigenvalue weighted by molar-refractivity contribution is 5.29. The lowest BCUT2D eigenvalue weighted by Crippen LogP contribution is -2.26. The highest BCUT2D eigenvalue weighted by Crippen LogP contribution is 2.37. The molecule has 0 radical (unpaired) electrons. The van der Waals surface area contributed by atoms with Crippen LogP contribution in [-0.4, -0.2) is 12.6 Å². The third-order valence-electron chi connectivity index (χ3n) is 4.32. The first-order valence-corrected chi connectivity index (χ1v) is 7.54. The van der Waals surface area contributed by atoms with E-state index in [0.717, 1.165) is 12.5 Å². The van der Waals surface area contributed by atoms with E-state index in [1.807, 2.05) is 0 Å². The summed E-state index contributed by atoms with van der Waals surface area (Å²) < 4.78 is 0. The molecule has 1 N–H and O–H groups in total. The van der Waals surface area contributed by atoms with Crippen LogP contribution in [0.2, 0.25) is 0 Å². The summed E-state index contributed by atoms with van der Waals surface area (Å²) >= 11 is 0. The van der Waals surface area contributed by atoms with Crippen LogP contribution in [0.4, 0.5) is 0 Å². The highest BCUT2D eigenvalue weighted by atomic mass is 14.9. The van der Waals surface area contributed by atoms with E-state index in [4.69, 9.17) is 0 Å². The van der Waals surface area contributed by atoms with Gasteiger partial charge < -0.3 is 5.32 Å². The minimum absolute atomic E-state index is 0.609. The summed E-state index contributed by atoms with van der Waals surface area (Å²) in [6, 6.07) is 9.92. The van der Waals surface area contributed by atoms with Crippen molar-refractivity contribution in [2.75, 3.05) is 6.54 Å². The molecule has 0 heterocycles. The minimum atomic E-state index is 0.609. The largest absolute Gasteiger partial charge is 0.315 e. The molecule has 100 valence electrons. The second-order valence-corrected chi connectivity index (χ2v) is 5.89. The average molecular weight is 245 g/mol. The predicted octanol–water partition coefficient (Wildman–Crippen LogP) is 4.45. The maximum atomic E-state index is 3.51. The second kappa shape index (κ2) is 6.38. The van der Waals surface area contributed by atoms with Gasteiger partial charge in [0.15, 0.2) is 0 Å². The van der Waals surface area contributed by atoms with E-state index in [2.05, 4.69) is 50.4 Å². The Balaban J connectivity index is 1.98. The number of hydrogen-bond donors (Lipinski definition) is 1. The molecule has 0 bridgehead atoms. The van der Waals surface area contributed by atoms with Gasteiger partial charge in [0.25, 0.3) is 0 Å². The van der Waals surface area contributed by atoms with Gasteiger partial charge in [-0.05, 0) is 55.7 Å². The lowest BCUT2D eigenvalue weighted by atomic mass is 9.79. The van der Waals surface area contributed by atoms with Crippen LogP contribution >= 0.6 is 0 Å². The van der Waals surface area contributed by atoms with Gasteiger partial charge in [0.05, 0.1) is 0 Å². The fraction of sp³-hybridized carbons (Fsp3) is 0.647. The molecule has 1 aromatic rings. The van der Waals surface area contributed by atoms with E-state index >= 15 is 0 Å². The maximum absolute atomic E-state index is 3.51. The van der Waals surface area contributed by atoms with Gasteiger partial charge in [0, 0.05) is 6.04 Å². The average Bonchev–Trinajstić information content (AvgIpc) is 2.27.